The van der Waals surface area contributed by atoms with Gasteiger partial charge in [-0.05, 0) is 90.0 Å². The molecular weight excluding hydrogens is 1090 g/mol. The maximum Gasteiger partial charge on any atom is 0.248 e. The number of carbonyl (C=O) groups excluding carboxylic acids is 11. The van der Waals surface area contributed by atoms with Gasteiger partial charge in [0, 0.05) is 88.1 Å². The van der Waals surface area contributed by atoms with Crippen LogP contribution in [0.25, 0.3) is 0 Å². The molecule has 1 aromatic rings. The first-order chi connectivity index (χ1) is 39.5. The third-order valence-electron chi connectivity index (χ3n) is 16.7. The van der Waals surface area contributed by atoms with Crippen molar-refractivity contribution < 1.29 is 62.6 Å². The summed E-state index contributed by atoms with van der Waals surface area (Å²) in [6, 6.07) is 1.20. The van der Waals surface area contributed by atoms with Crippen LogP contribution in [0.15, 0.2) is 30.3 Å². The van der Waals surface area contributed by atoms with Crippen molar-refractivity contribution in [3.63, 3.8) is 0 Å². The summed E-state index contributed by atoms with van der Waals surface area (Å²) in [5, 5.41) is 14.0. The Balaban J connectivity index is 2.30. The molecule has 2 N–H and O–H groups in total. The summed E-state index contributed by atoms with van der Waals surface area (Å²) < 4.78 is 6.02. The molecule has 2 fully saturated rings. The van der Waals surface area contributed by atoms with E-state index in [0.29, 0.717) is 25.1 Å². The number of rotatable bonds is 12. The van der Waals surface area contributed by atoms with Crippen LogP contribution in [-0.4, -0.2) is 239 Å². The molecule has 3 rings (SSSR count). The molecule has 22 nitrogen and oxygen atoms in total. The summed E-state index contributed by atoms with van der Waals surface area (Å²) in [5.74, 6) is -9.95. The minimum absolute atomic E-state index is 0.0536. The second kappa shape index (κ2) is 33.0. The van der Waals surface area contributed by atoms with E-state index >= 15 is 9.59 Å². The van der Waals surface area contributed by atoms with E-state index in [2.05, 4.69) is 5.32 Å². The highest BCUT2D eigenvalue weighted by Crippen LogP contribution is 2.26. The number of hydrogen-bond donors (Lipinski definition) is 2. The number of amides is 9. The minimum atomic E-state index is -1.65. The summed E-state index contributed by atoms with van der Waals surface area (Å²) >= 11 is 0. The fourth-order valence-corrected chi connectivity index (χ4v) is 10.9. The van der Waals surface area contributed by atoms with Crippen molar-refractivity contribution >= 4 is 64.7 Å². The Hall–Kier alpha value is -6.29. The molecule has 85 heavy (non-hydrogen) atoms. The number of aliphatic hydroxyl groups is 1. The van der Waals surface area contributed by atoms with Crippen LogP contribution in [0.4, 0.5) is 0 Å². The molecule has 0 unspecified atom stereocenters. The van der Waals surface area contributed by atoms with Gasteiger partial charge in [-0.3, -0.25) is 52.7 Å². The van der Waals surface area contributed by atoms with E-state index in [-0.39, 0.29) is 37.7 Å². The average Bonchev–Trinajstić information content (AvgIpc) is 2.24. The Morgan fingerprint density at radius 2 is 1.19 bits per heavy atom. The van der Waals surface area contributed by atoms with Gasteiger partial charge in [-0.15, -0.1) is 0 Å². The van der Waals surface area contributed by atoms with E-state index < -0.39 is 163 Å². The molecule has 0 aliphatic carbocycles. The molecule has 0 bridgehead atoms. The first-order valence-corrected chi connectivity index (χ1v) is 30.3. The number of aliphatic hydroxyl groups excluding tert-OH is 1. The van der Waals surface area contributed by atoms with Gasteiger partial charge in [0.2, 0.25) is 53.2 Å². The fourth-order valence-electron chi connectivity index (χ4n) is 10.9. The average molecular weight is 1190 g/mol. The lowest BCUT2D eigenvalue weighted by molar-refractivity contribution is -0.156. The molecular formula is C63H103N9O13. The van der Waals surface area contributed by atoms with Crippen LogP contribution in [0, 0.1) is 29.6 Å². The Kier molecular flexibility index (Phi) is 28.3. The van der Waals surface area contributed by atoms with Crippen LogP contribution in [0.3, 0.4) is 0 Å². The normalized spacial score (nSPS) is 25.9. The van der Waals surface area contributed by atoms with Gasteiger partial charge in [-0.25, -0.2) is 0 Å². The SMILES string of the molecule is CC[C@H](C)[C@H]1C(=O)N(C)[C@@H](C)C(=O)C[C@H](C(=O)N2CCCCC2)CC(=O)N(C)CC(=O)C[C@@H](COC(C)(C)C)C(=O)N(C)CC(=O)N(C)[C@@H](CC(C)C)C(=O)N[C@@H]([C@@H](C)O)C(=O)N(C)[C@@H](Cc2ccccc2)C(=O)N(C)[C@@H](CC(C)C)C(=O)N1C. The van der Waals surface area contributed by atoms with Gasteiger partial charge >= 0.3 is 0 Å². The van der Waals surface area contributed by atoms with E-state index in [0.717, 1.165) is 38.9 Å². The molecule has 2 heterocycles. The zero-order valence-electron chi connectivity index (χ0n) is 54.3. The number of carbonyl (C=O) groups is 11. The maximum atomic E-state index is 15.3. The molecule has 10 atom stereocenters. The lowest BCUT2D eigenvalue weighted by Gasteiger charge is -2.41. The lowest BCUT2D eigenvalue weighted by atomic mass is 9.91. The Bertz CT molecular complexity index is 2480. The monoisotopic (exact) mass is 1190 g/mol. The lowest BCUT2D eigenvalue weighted by Crippen LogP contribution is -2.62. The van der Waals surface area contributed by atoms with Crippen LogP contribution >= 0.6 is 0 Å². The number of nitrogens with one attached hydrogen (secondary N) is 1. The highest BCUT2D eigenvalue weighted by atomic mass is 16.5. The first-order valence-electron chi connectivity index (χ1n) is 30.3. The van der Waals surface area contributed by atoms with E-state index in [1.807, 2.05) is 34.6 Å². The molecule has 9 amide bonds. The van der Waals surface area contributed by atoms with Gasteiger partial charge in [-0.2, -0.15) is 0 Å². The number of benzene rings is 1. The second-order valence-corrected chi connectivity index (χ2v) is 25.8. The van der Waals surface area contributed by atoms with Gasteiger partial charge in [0.25, 0.3) is 0 Å². The van der Waals surface area contributed by atoms with Crippen molar-refractivity contribution in [2.24, 2.45) is 29.6 Å². The minimum Gasteiger partial charge on any atom is -0.391 e. The molecule has 478 valence electrons. The molecule has 2 saturated heterocycles. The predicted octanol–water partition coefficient (Wildman–Crippen LogP) is 3.69. The first kappa shape index (κ1) is 73.0. The Morgan fingerprint density at radius 3 is 1.73 bits per heavy atom. The molecule has 2 aliphatic heterocycles. The highest BCUT2D eigenvalue weighted by molar-refractivity contribution is 5.99. The third-order valence-corrected chi connectivity index (χ3v) is 16.7. The highest BCUT2D eigenvalue weighted by Gasteiger charge is 2.44. The van der Waals surface area contributed by atoms with Crippen LogP contribution in [0.5, 0.6) is 0 Å². The zero-order chi connectivity index (χ0) is 64.5. The van der Waals surface area contributed by atoms with Crippen molar-refractivity contribution in [2.75, 3.05) is 82.1 Å². The fraction of sp³-hybridized carbons (Fsp3) is 0.730. The van der Waals surface area contributed by atoms with Crippen LogP contribution in [-0.2, 0) is 63.9 Å². The molecule has 0 aromatic heterocycles. The van der Waals surface area contributed by atoms with E-state index in [1.165, 1.54) is 77.9 Å². The summed E-state index contributed by atoms with van der Waals surface area (Å²) in [6.45, 7) is 18.8. The van der Waals surface area contributed by atoms with E-state index in [9.17, 15) is 48.3 Å². The maximum absolute atomic E-state index is 15.3. The molecule has 0 spiro atoms. The summed E-state index contributed by atoms with van der Waals surface area (Å²) in [6.07, 6.45) is 0.177. The molecule has 22 heteroatoms. The van der Waals surface area contributed by atoms with Crippen molar-refractivity contribution in [3.05, 3.63) is 35.9 Å². The summed E-state index contributed by atoms with van der Waals surface area (Å²) in [7, 11) is 9.91. The number of hydrogen-bond acceptors (Lipinski definition) is 13. The van der Waals surface area contributed by atoms with Gasteiger partial charge in [0.05, 0.1) is 49.3 Å². The quantitative estimate of drug-likeness (QED) is 0.303. The third kappa shape index (κ3) is 21.0. The van der Waals surface area contributed by atoms with Crippen molar-refractivity contribution in [2.45, 2.75) is 188 Å². The number of likely N-dealkylation sites (N-methyl/N-ethyl adjacent to an activating group) is 7. The largest absolute Gasteiger partial charge is 0.391 e. The topological polar surface area (TPSA) is 255 Å². The van der Waals surface area contributed by atoms with Crippen LogP contribution in [0.2, 0.25) is 0 Å². The number of piperidine rings is 1. The smallest absolute Gasteiger partial charge is 0.248 e. The van der Waals surface area contributed by atoms with Crippen molar-refractivity contribution in [3.8, 4) is 0 Å². The van der Waals surface area contributed by atoms with Gasteiger partial charge in [0.1, 0.15) is 30.2 Å². The summed E-state index contributed by atoms with van der Waals surface area (Å²) in [4.78, 5) is 171. The van der Waals surface area contributed by atoms with E-state index in [1.54, 1.807) is 62.9 Å². The molecule has 0 saturated carbocycles. The van der Waals surface area contributed by atoms with Gasteiger partial charge in [0.15, 0.2) is 11.6 Å². The second-order valence-electron chi connectivity index (χ2n) is 25.8. The predicted molar refractivity (Wildman–Crippen MR) is 323 cm³/mol. The van der Waals surface area contributed by atoms with Crippen molar-refractivity contribution in [1.82, 2.24) is 44.5 Å². The van der Waals surface area contributed by atoms with Crippen LogP contribution in [0.1, 0.15) is 140 Å². The number of nitrogens with zero attached hydrogens (tertiary/aromatic N) is 8. The standard InChI is InChI=1S/C63H103N9O13/c1-19-41(6)55-62(84)67(14)42(7)51(75)34-45(58(80)72-28-24-21-25-29-72)35-52(76)65(12)36-47(74)33-46(38-85-63(9,10)11)57(79)66(13)37-53(77)68(15)48(30-39(2)3)56(78)64-54(43(8)73)61(83)70(17)50(32-44-26-22-20-23-27-44)59(81)69(16)49(31-40(4)5)60(82)71(55)18/h20,22-23,26-27,39-43,45-46,48-50,54-55,73H,19,21,24-25,28-38H2,1-18H3,(H,64,78)/t41-,42-,43+,45-,46-,48-,49-,50-,54-,55-/m0/s1. The molecule has 2 aliphatic rings. The Morgan fingerprint density at radius 1 is 0.635 bits per heavy atom. The van der Waals surface area contributed by atoms with Gasteiger partial charge < -0.3 is 54.4 Å². The number of ketones is 2. The van der Waals surface area contributed by atoms with E-state index in [4.69, 9.17) is 4.74 Å². The van der Waals surface area contributed by atoms with Crippen LogP contribution < -0.4 is 5.32 Å². The number of likely N-dealkylation sites (tertiary alicyclic amines) is 1. The van der Waals surface area contributed by atoms with Gasteiger partial charge in [-0.1, -0.05) is 78.3 Å². The molecule has 0 radical (unpaired) electrons. The zero-order valence-corrected chi connectivity index (χ0v) is 54.3. The number of Topliss-reactive ketones (excluding diaryl/α,β-unsaturated/α-hetero) is 2. The Labute approximate surface area is 506 Å². The summed E-state index contributed by atoms with van der Waals surface area (Å²) in [5.41, 5.74) is -0.100. The molecule has 1 aromatic carbocycles. The van der Waals surface area contributed by atoms with Crippen molar-refractivity contribution in [1.29, 1.82) is 0 Å². The number of ether oxygens (including phenoxy) is 1.